The van der Waals surface area contributed by atoms with Crippen LogP contribution < -0.4 is 0 Å². The minimum Gasteiger partial charge on any atom is -0.300 e. The van der Waals surface area contributed by atoms with Crippen molar-refractivity contribution in [2.24, 2.45) is 0 Å². The fraction of sp³-hybridized carbons (Fsp3) is 1.00. The highest BCUT2D eigenvalue weighted by Gasteiger charge is 2.32. The summed E-state index contributed by atoms with van der Waals surface area (Å²) in [5.74, 6) is 0. The van der Waals surface area contributed by atoms with Crippen LogP contribution in [0.1, 0.15) is 83.5 Å². The molecule has 4 rings (SSSR count). The summed E-state index contributed by atoms with van der Waals surface area (Å²) in [4.78, 5) is 8.52. The van der Waals surface area contributed by atoms with E-state index in [-0.39, 0.29) is 0 Å². The van der Waals surface area contributed by atoms with E-state index in [4.69, 9.17) is 0 Å². The zero-order valence-corrected chi connectivity index (χ0v) is 16.5. The number of hydrogen-bond donors (Lipinski definition) is 0. The Morgan fingerprint density at radius 2 is 0.680 bits per heavy atom. The Hall–Kier alpha value is -0.120. The quantitative estimate of drug-likeness (QED) is 0.760. The molecular formula is C22H41N3. The average molecular weight is 348 g/mol. The topological polar surface area (TPSA) is 9.72 Å². The number of nitrogens with zero attached hydrogens (tertiary/aromatic N) is 3. The highest BCUT2D eigenvalue weighted by Crippen LogP contribution is 2.28. The molecule has 25 heavy (non-hydrogen) atoms. The third kappa shape index (κ3) is 4.78. The van der Waals surface area contributed by atoms with Gasteiger partial charge in [0.2, 0.25) is 0 Å². The first-order chi connectivity index (χ1) is 12.4. The molecule has 144 valence electrons. The number of likely N-dealkylation sites (tertiary alicyclic amines) is 3. The Balaban J connectivity index is 1.19. The molecule has 3 saturated heterocycles. The summed E-state index contributed by atoms with van der Waals surface area (Å²) in [6.07, 6.45) is 19.0. The lowest BCUT2D eigenvalue weighted by Crippen LogP contribution is -2.52. The molecule has 0 radical (unpaired) electrons. The summed E-state index contributed by atoms with van der Waals surface area (Å²) in [5.41, 5.74) is 0. The first kappa shape index (κ1) is 18.3. The van der Waals surface area contributed by atoms with Gasteiger partial charge in [0.05, 0.1) is 0 Å². The van der Waals surface area contributed by atoms with E-state index in [1.54, 1.807) is 0 Å². The fourth-order valence-electron chi connectivity index (χ4n) is 6.14. The third-order valence-electron chi connectivity index (χ3n) is 7.76. The van der Waals surface area contributed by atoms with E-state index in [1.165, 1.54) is 123 Å². The maximum Gasteiger partial charge on any atom is 0.0120 e. The number of hydrogen-bond acceptors (Lipinski definition) is 3. The summed E-state index contributed by atoms with van der Waals surface area (Å²) >= 11 is 0. The molecule has 0 N–H and O–H groups in total. The van der Waals surface area contributed by atoms with Gasteiger partial charge in [0.15, 0.2) is 0 Å². The predicted octanol–water partition coefficient (Wildman–Crippen LogP) is 4.12. The molecule has 3 nitrogen and oxygen atoms in total. The van der Waals surface area contributed by atoms with Crippen LogP contribution >= 0.6 is 0 Å². The Bertz CT molecular complexity index is 369. The van der Waals surface area contributed by atoms with Gasteiger partial charge in [0.1, 0.15) is 0 Å². The van der Waals surface area contributed by atoms with Crippen molar-refractivity contribution in [3.8, 4) is 0 Å². The molecule has 1 saturated carbocycles. The second-order valence-corrected chi connectivity index (χ2v) is 9.28. The van der Waals surface area contributed by atoms with Crippen molar-refractivity contribution in [1.82, 2.24) is 14.7 Å². The van der Waals surface area contributed by atoms with E-state index in [9.17, 15) is 0 Å². The van der Waals surface area contributed by atoms with Crippen molar-refractivity contribution in [2.75, 3.05) is 39.3 Å². The van der Waals surface area contributed by atoms with Gasteiger partial charge < -0.3 is 14.7 Å². The maximum absolute atomic E-state index is 2.87. The largest absolute Gasteiger partial charge is 0.300 e. The highest BCUT2D eigenvalue weighted by atomic mass is 15.2. The summed E-state index contributed by atoms with van der Waals surface area (Å²) in [5, 5.41) is 0. The Labute approximate surface area is 156 Å². The van der Waals surface area contributed by atoms with E-state index in [1.807, 2.05) is 0 Å². The number of rotatable bonds is 3. The molecule has 0 spiro atoms. The summed E-state index contributed by atoms with van der Waals surface area (Å²) in [6, 6.07) is 2.72. The van der Waals surface area contributed by atoms with Gasteiger partial charge in [-0.3, -0.25) is 0 Å². The molecule has 0 bridgehead atoms. The molecule has 1 aliphatic carbocycles. The molecule has 4 fully saturated rings. The minimum absolute atomic E-state index is 0.893. The Morgan fingerprint density at radius 1 is 0.320 bits per heavy atom. The number of piperidine rings is 2. The first-order valence-corrected chi connectivity index (χ1v) is 11.6. The van der Waals surface area contributed by atoms with Gasteiger partial charge in [-0.25, -0.2) is 0 Å². The summed E-state index contributed by atoms with van der Waals surface area (Å²) in [6.45, 7) is 8.25. The predicted molar refractivity (Wildman–Crippen MR) is 106 cm³/mol. The molecule has 0 amide bonds. The SMILES string of the molecule is C1CCCC(N2CCC(N3CCC(N4CCCC4)CC3)CC2)CCC1. The van der Waals surface area contributed by atoms with Gasteiger partial charge in [-0.2, -0.15) is 0 Å². The van der Waals surface area contributed by atoms with Crippen molar-refractivity contribution < 1.29 is 0 Å². The third-order valence-corrected chi connectivity index (χ3v) is 7.76. The van der Waals surface area contributed by atoms with Crippen LogP contribution in [-0.2, 0) is 0 Å². The lowest BCUT2D eigenvalue weighted by Gasteiger charge is -2.45. The molecule has 0 unspecified atom stereocenters. The van der Waals surface area contributed by atoms with Gasteiger partial charge in [-0.1, -0.05) is 32.1 Å². The zero-order chi connectivity index (χ0) is 16.9. The van der Waals surface area contributed by atoms with Gasteiger partial charge in [0.25, 0.3) is 0 Å². The standard InChI is InChI=1S/C22H41N3/c1-2-4-8-20(9-5-3-1)24-16-12-22(13-17-24)25-18-10-21(11-19-25)23-14-6-7-15-23/h20-22H,1-19H2. The molecule has 3 heterocycles. The van der Waals surface area contributed by atoms with Crippen LogP contribution in [0.5, 0.6) is 0 Å². The van der Waals surface area contributed by atoms with E-state index in [0.717, 1.165) is 18.1 Å². The van der Waals surface area contributed by atoms with Gasteiger partial charge in [-0.15, -0.1) is 0 Å². The molecule has 3 heteroatoms. The van der Waals surface area contributed by atoms with Crippen molar-refractivity contribution in [1.29, 1.82) is 0 Å². The van der Waals surface area contributed by atoms with Crippen LogP contribution in [-0.4, -0.2) is 72.1 Å². The molecule has 3 aliphatic heterocycles. The monoisotopic (exact) mass is 347 g/mol. The van der Waals surface area contributed by atoms with Crippen molar-refractivity contribution in [2.45, 2.75) is 102 Å². The van der Waals surface area contributed by atoms with Crippen molar-refractivity contribution >= 4 is 0 Å². The van der Waals surface area contributed by atoms with Crippen LogP contribution in [0.4, 0.5) is 0 Å². The molecule has 0 aromatic rings. The smallest absolute Gasteiger partial charge is 0.0120 e. The van der Waals surface area contributed by atoms with Crippen LogP contribution in [0.3, 0.4) is 0 Å². The average Bonchev–Trinajstić information content (AvgIpc) is 3.17. The summed E-state index contributed by atoms with van der Waals surface area (Å²) in [7, 11) is 0. The second-order valence-electron chi connectivity index (χ2n) is 9.28. The van der Waals surface area contributed by atoms with Crippen LogP contribution in [0.25, 0.3) is 0 Å². The first-order valence-electron chi connectivity index (χ1n) is 11.6. The van der Waals surface area contributed by atoms with Crippen LogP contribution in [0.15, 0.2) is 0 Å². The fourth-order valence-corrected chi connectivity index (χ4v) is 6.14. The summed E-state index contributed by atoms with van der Waals surface area (Å²) < 4.78 is 0. The Kier molecular flexibility index (Phi) is 6.71. The van der Waals surface area contributed by atoms with E-state index in [0.29, 0.717) is 0 Å². The van der Waals surface area contributed by atoms with Crippen molar-refractivity contribution in [3.63, 3.8) is 0 Å². The lowest BCUT2D eigenvalue weighted by atomic mass is 9.92. The van der Waals surface area contributed by atoms with Crippen LogP contribution in [0.2, 0.25) is 0 Å². The second kappa shape index (κ2) is 9.19. The van der Waals surface area contributed by atoms with E-state index < -0.39 is 0 Å². The van der Waals surface area contributed by atoms with E-state index >= 15 is 0 Å². The van der Waals surface area contributed by atoms with E-state index in [2.05, 4.69) is 14.7 Å². The molecule has 4 aliphatic rings. The maximum atomic E-state index is 2.87. The molecular weight excluding hydrogens is 306 g/mol. The molecule has 0 atom stereocenters. The van der Waals surface area contributed by atoms with Crippen molar-refractivity contribution in [3.05, 3.63) is 0 Å². The molecule has 0 aromatic carbocycles. The van der Waals surface area contributed by atoms with Gasteiger partial charge in [0, 0.05) is 18.1 Å². The lowest BCUT2D eigenvalue weighted by molar-refractivity contribution is 0.0453. The Morgan fingerprint density at radius 3 is 1.16 bits per heavy atom. The van der Waals surface area contributed by atoms with Crippen LogP contribution in [0, 0.1) is 0 Å². The minimum atomic E-state index is 0.893. The molecule has 0 aromatic heterocycles. The highest BCUT2D eigenvalue weighted by molar-refractivity contribution is 4.88. The zero-order valence-electron chi connectivity index (χ0n) is 16.5. The van der Waals surface area contributed by atoms with Gasteiger partial charge in [-0.05, 0) is 90.6 Å². The van der Waals surface area contributed by atoms with Gasteiger partial charge >= 0.3 is 0 Å². The normalized spacial score (nSPS) is 31.2.